The molecular weight excluding hydrogens is 307 g/mol. The molecule has 0 atom stereocenters. The lowest BCUT2D eigenvalue weighted by Gasteiger charge is -2.33. The van der Waals surface area contributed by atoms with Gasteiger partial charge in [-0.05, 0) is 12.1 Å². The Morgan fingerprint density at radius 2 is 1.90 bits per heavy atom. The molecule has 5 nitrogen and oxygen atoms in total. The summed E-state index contributed by atoms with van der Waals surface area (Å²) in [4.78, 5) is 1.57. The molecule has 0 saturated carbocycles. The third-order valence-electron chi connectivity index (χ3n) is 3.28. The first-order chi connectivity index (χ1) is 9.46. The van der Waals surface area contributed by atoms with Crippen molar-refractivity contribution in [3.63, 3.8) is 0 Å². The molecule has 0 unspecified atom stereocenters. The van der Waals surface area contributed by atoms with Gasteiger partial charge < -0.3 is 5.11 Å². The van der Waals surface area contributed by atoms with Gasteiger partial charge in [0, 0.05) is 32.7 Å². The van der Waals surface area contributed by atoms with Crippen LogP contribution in [-0.2, 0) is 10.0 Å². The summed E-state index contributed by atoms with van der Waals surface area (Å²) in [5.41, 5.74) is 0. The molecule has 0 aromatic heterocycles. The van der Waals surface area contributed by atoms with Gasteiger partial charge in [0.05, 0.1) is 11.6 Å². The van der Waals surface area contributed by atoms with E-state index < -0.39 is 15.8 Å². The molecular formula is C12H16ClFN2O3S. The lowest BCUT2D eigenvalue weighted by atomic mass is 10.3. The predicted molar refractivity (Wildman–Crippen MR) is 73.7 cm³/mol. The van der Waals surface area contributed by atoms with Crippen LogP contribution in [0.25, 0.3) is 0 Å². The lowest BCUT2D eigenvalue weighted by molar-refractivity contribution is 0.151. The van der Waals surface area contributed by atoms with Gasteiger partial charge in [-0.25, -0.2) is 12.8 Å². The Morgan fingerprint density at radius 3 is 2.50 bits per heavy atom. The molecule has 1 fully saturated rings. The Balaban J connectivity index is 2.18. The molecule has 1 aromatic rings. The number of β-amino-alcohol motifs (C(OH)–C–C–N with tert-alkyl or cyclic N) is 1. The number of piperazine rings is 1. The minimum atomic E-state index is -3.87. The summed E-state index contributed by atoms with van der Waals surface area (Å²) in [5.74, 6) is -0.910. The van der Waals surface area contributed by atoms with Crippen molar-refractivity contribution in [1.29, 1.82) is 0 Å². The Bertz CT molecular complexity index is 574. The maximum absolute atomic E-state index is 13.9. The average molecular weight is 323 g/mol. The monoisotopic (exact) mass is 322 g/mol. The summed E-state index contributed by atoms with van der Waals surface area (Å²) in [7, 11) is -3.87. The molecule has 1 saturated heterocycles. The van der Waals surface area contributed by atoms with Crippen LogP contribution < -0.4 is 0 Å². The van der Waals surface area contributed by atoms with E-state index in [1.807, 2.05) is 4.90 Å². The number of halogens is 2. The Kier molecular flexibility index (Phi) is 4.98. The fraction of sp³-hybridized carbons (Fsp3) is 0.500. The third kappa shape index (κ3) is 3.12. The van der Waals surface area contributed by atoms with Gasteiger partial charge >= 0.3 is 0 Å². The molecule has 112 valence electrons. The smallest absolute Gasteiger partial charge is 0.246 e. The van der Waals surface area contributed by atoms with Gasteiger partial charge in [-0.3, -0.25) is 4.90 Å². The highest BCUT2D eigenvalue weighted by Gasteiger charge is 2.30. The Hall–Kier alpha value is -0.730. The average Bonchev–Trinajstić information content (AvgIpc) is 2.42. The fourth-order valence-corrected chi connectivity index (χ4v) is 3.90. The van der Waals surface area contributed by atoms with E-state index in [2.05, 4.69) is 0 Å². The molecule has 1 N–H and O–H groups in total. The molecule has 1 heterocycles. The molecule has 0 spiro atoms. The highest BCUT2D eigenvalue weighted by atomic mass is 35.5. The van der Waals surface area contributed by atoms with Gasteiger partial charge in [-0.2, -0.15) is 4.31 Å². The topological polar surface area (TPSA) is 60.9 Å². The first kappa shape index (κ1) is 15.7. The summed E-state index contributed by atoms with van der Waals surface area (Å²) < 4.78 is 39.9. The molecule has 0 amide bonds. The van der Waals surface area contributed by atoms with Crippen LogP contribution in [0.3, 0.4) is 0 Å². The molecule has 0 radical (unpaired) electrons. The predicted octanol–water partition coefficient (Wildman–Crippen LogP) is 0.778. The number of sulfonamides is 1. The second kappa shape index (κ2) is 6.36. The Morgan fingerprint density at radius 1 is 1.25 bits per heavy atom. The summed E-state index contributed by atoms with van der Waals surface area (Å²) in [5, 5.41) is 8.65. The zero-order valence-corrected chi connectivity index (χ0v) is 12.4. The second-order valence-electron chi connectivity index (χ2n) is 4.52. The van der Waals surface area contributed by atoms with Gasteiger partial charge in [0.25, 0.3) is 0 Å². The van der Waals surface area contributed by atoms with Crippen molar-refractivity contribution in [3.8, 4) is 0 Å². The number of hydrogen-bond acceptors (Lipinski definition) is 4. The van der Waals surface area contributed by atoms with Crippen LogP contribution in [0.5, 0.6) is 0 Å². The zero-order valence-electron chi connectivity index (χ0n) is 10.8. The van der Waals surface area contributed by atoms with Crippen LogP contribution in [0, 0.1) is 5.82 Å². The molecule has 1 aliphatic heterocycles. The molecule has 0 bridgehead atoms. The van der Waals surface area contributed by atoms with Crippen molar-refractivity contribution in [2.75, 3.05) is 39.3 Å². The summed E-state index contributed by atoms with van der Waals surface area (Å²) in [6.45, 7) is 2.13. The van der Waals surface area contributed by atoms with Crippen molar-refractivity contribution in [2.45, 2.75) is 4.90 Å². The number of aliphatic hydroxyl groups is 1. The summed E-state index contributed by atoms with van der Waals surface area (Å²) in [6.07, 6.45) is 0. The van der Waals surface area contributed by atoms with Crippen molar-refractivity contribution >= 4 is 21.6 Å². The normalized spacial score (nSPS) is 18.4. The van der Waals surface area contributed by atoms with E-state index in [0.717, 1.165) is 0 Å². The van der Waals surface area contributed by atoms with E-state index in [9.17, 15) is 12.8 Å². The quantitative estimate of drug-likeness (QED) is 0.890. The van der Waals surface area contributed by atoms with Gasteiger partial charge in [0.15, 0.2) is 5.82 Å². The van der Waals surface area contributed by atoms with E-state index in [1.54, 1.807) is 0 Å². The summed E-state index contributed by atoms with van der Waals surface area (Å²) >= 11 is 5.63. The van der Waals surface area contributed by atoms with Crippen LogP contribution in [0.2, 0.25) is 5.02 Å². The summed E-state index contributed by atoms with van der Waals surface area (Å²) in [6, 6.07) is 3.95. The van der Waals surface area contributed by atoms with Crippen molar-refractivity contribution in [3.05, 3.63) is 29.0 Å². The molecule has 1 aliphatic rings. The maximum atomic E-state index is 13.9. The van der Waals surface area contributed by atoms with Gasteiger partial charge in [0.1, 0.15) is 4.90 Å². The zero-order chi connectivity index (χ0) is 14.8. The third-order valence-corrected chi connectivity index (χ3v) is 5.49. The van der Waals surface area contributed by atoms with Gasteiger partial charge in [-0.1, -0.05) is 17.7 Å². The standard InChI is InChI=1S/C12H16ClFN2O3S/c13-10-2-1-3-11(12(10)14)20(18,19)16-6-4-15(5-7-16)8-9-17/h1-3,17H,4-9H2. The van der Waals surface area contributed by atoms with E-state index in [0.29, 0.717) is 19.6 Å². The van der Waals surface area contributed by atoms with Crippen LogP contribution in [0.1, 0.15) is 0 Å². The SMILES string of the molecule is O=S(=O)(c1cccc(Cl)c1F)N1CCN(CCO)CC1. The minimum Gasteiger partial charge on any atom is -0.395 e. The largest absolute Gasteiger partial charge is 0.395 e. The first-order valence-electron chi connectivity index (χ1n) is 6.24. The molecule has 2 rings (SSSR count). The van der Waals surface area contributed by atoms with Gasteiger partial charge in [0.2, 0.25) is 10.0 Å². The van der Waals surface area contributed by atoms with E-state index in [1.165, 1.54) is 22.5 Å². The van der Waals surface area contributed by atoms with Crippen LogP contribution in [0.15, 0.2) is 23.1 Å². The number of hydrogen-bond donors (Lipinski definition) is 1. The second-order valence-corrected chi connectivity index (χ2v) is 6.83. The molecule has 8 heteroatoms. The highest BCUT2D eigenvalue weighted by molar-refractivity contribution is 7.89. The number of nitrogens with zero attached hydrogens (tertiary/aromatic N) is 2. The first-order valence-corrected chi connectivity index (χ1v) is 8.06. The lowest BCUT2D eigenvalue weighted by Crippen LogP contribution is -2.49. The van der Waals surface area contributed by atoms with E-state index in [4.69, 9.17) is 16.7 Å². The fourth-order valence-electron chi connectivity index (χ4n) is 2.16. The van der Waals surface area contributed by atoms with Crippen LogP contribution in [0.4, 0.5) is 4.39 Å². The van der Waals surface area contributed by atoms with Crippen LogP contribution >= 0.6 is 11.6 Å². The highest BCUT2D eigenvalue weighted by Crippen LogP contribution is 2.25. The van der Waals surface area contributed by atoms with Crippen molar-refractivity contribution < 1.29 is 17.9 Å². The number of aliphatic hydroxyl groups excluding tert-OH is 1. The Labute approximate surface area is 122 Å². The molecule has 20 heavy (non-hydrogen) atoms. The minimum absolute atomic E-state index is 0.0374. The van der Waals surface area contributed by atoms with Gasteiger partial charge in [-0.15, -0.1) is 0 Å². The van der Waals surface area contributed by atoms with E-state index in [-0.39, 0.29) is 29.6 Å². The van der Waals surface area contributed by atoms with Crippen molar-refractivity contribution in [1.82, 2.24) is 9.21 Å². The van der Waals surface area contributed by atoms with Crippen molar-refractivity contribution in [2.24, 2.45) is 0 Å². The number of benzene rings is 1. The van der Waals surface area contributed by atoms with Crippen LogP contribution in [-0.4, -0.2) is 62.1 Å². The number of rotatable bonds is 4. The van der Waals surface area contributed by atoms with E-state index >= 15 is 0 Å². The molecule has 1 aromatic carbocycles. The molecule has 0 aliphatic carbocycles. The maximum Gasteiger partial charge on any atom is 0.246 e.